The van der Waals surface area contributed by atoms with E-state index < -0.39 is 0 Å². The normalized spacial score (nSPS) is 21.6. The van der Waals surface area contributed by atoms with Gasteiger partial charge in [0.25, 0.3) is 0 Å². The largest absolute Gasteiger partial charge is 0.0649 e. The molecule has 0 saturated heterocycles. The molecule has 0 radical (unpaired) electrons. The summed E-state index contributed by atoms with van der Waals surface area (Å²) < 4.78 is 0. The van der Waals surface area contributed by atoms with Crippen molar-refractivity contribution in [2.24, 2.45) is 17.3 Å². The van der Waals surface area contributed by atoms with Gasteiger partial charge in [0.05, 0.1) is 0 Å². The molecule has 0 fully saturated rings. The lowest BCUT2D eigenvalue weighted by molar-refractivity contribution is 0.213. The molecular weight excluding hydrogens is 372 g/mol. The van der Waals surface area contributed by atoms with Crippen LogP contribution in [-0.4, -0.2) is 0 Å². The van der Waals surface area contributed by atoms with Gasteiger partial charge in [-0.2, -0.15) is 0 Å². The fourth-order valence-electron chi connectivity index (χ4n) is 6.47. The van der Waals surface area contributed by atoms with Crippen LogP contribution in [0.3, 0.4) is 0 Å². The van der Waals surface area contributed by atoms with Crippen molar-refractivity contribution in [2.75, 3.05) is 0 Å². The van der Waals surface area contributed by atoms with Gasteiger partial charge in [-0.05, 0) is 54.4 Å². The van der Waals surface area contributed by atoms with Gasteiger partial charge in [0.15, 0.2) is 0 Å². The van der Waals surface area contributed by atoms with E-state index in [1.165, 1.54) is 33.4 Å². The summed E-state index contributed by atoms with van der Waals surface area (Å²) in [6, 6.07) is 21.9. The molecule has 0 heterocycles. The highest BCUT2D eigenvalue weighted by atomic mass is 14.5. The first-order valence-electron chi connectivity index (χ1n) is 11.8. The SMILES string of the molecule is CCC1=C(c2ccccc2)C=C(C)C1C(C)(C)C1C(C)=CC(c2ccccc2)=C1CC. The summed E-state index contributed by atoms with van der Waals surface area (Å²) in [5.74, 6) is 0.940. The molecule has 2 aliphatic rings. The third-order valence-electron chi connectivity index (χ3n) is 7.46. The van der Waals surface area contributed by atoms with Crippen molar-refractivity contribution in [3.8, 4) is 0 Å². The average molecular weight is 409 g/mol. The minimum Gasteiger partial charge on any atom is -0.0649 e. The Kier molecular flexibility index (Phi) is 5.93. The molecule has 0 aliphatic heterocycles. The molecule has 2 aromatic rings. The van der Waals surface area contributed by atoms with Crippen molar-refractivity contribution in [1.29, 1.82) is 0 Å². The van der Waals surface area contributed by atoms with E-state index in [-0.39, 0.29) is 5.41 Å². The van der Waals surface area contributed by atoms with Crippen LogP contribution >= 0.6 is 0 Å². The lowest BCUT2D eigenvalue weighted by Crippen LogP contribution is -2.34. The van der Waals surface area contributed by atoms with Gasteiger partial charge < -0.3 is 0 Å². The number of allylic oxidation sites excluding steroid dienone is 8. The fourth-order valence-corrected chi connectivity index (χ4v) is 6.47. The Balaban J connectivity index is 1.81. The Morgan fingerprint density at radius 2 is 0.968 bits per heavy atom. The Morgan fingerprint density at radius 3 is 1.29 bits per heavy atom. The molecule has 2 atom stereocenters. The molecule has 0 heteroatoms. The van der Waals surface area contributed by atoms with Crippen LogP contribution in [0.15, 0.2) is 95.1 Å². The standard InChI is InChI=1S/C31H36/c1-7-25-27(23-15-11-9-12-16-23)19-21(3)29(25)31(5,6)30-22(4)20-28(26(30)8-2)24-17-13-10-14-18-24/h9-20,29-30H,7-8H2,1-6H3. The van der Waals surface area contributed by atoms with Crippen LogP contribution in [-0.2, 0) is 0 Å². The molecule has 2 aliphatic carbocycles. The summed E-state index contributed by atoms with van der Waals surface area (Å²) in [6.45, 7) is 14.4. The molecule has 0 aromatic heterocycles. The first-order valence-corrected chi connectivity index (χ1v) is 11.8. The Morgan fingerprint density at radius 1 is 0.613 bits per heavy atom. The molecule has 160 valence electrons. The van der Waals surface area contributed by atoms with Crippen molar-refractivity contribution in [2.45, 2.75) is 54.4 Å². The van der Waals surface area contributed by atoms with Crippen LogP contribution < -0.4 is 0 Å². The number of hydrogen-bond donors (Lipinski definition) is 0. The van der Waals surface area contributed by atoms with Gasteiger partial charge in [0.1, 0.15) is 0 Å². The van der Waals surface area contributed by atoms with Crippen LogP contribution in [0.5, 0.6) is 0 Å². The fraction of sp³-hybridized carbons (Fsp3) is 0.355. The maximum absolute atomic E-state index is 2.50. The van der Waals surface area contributed by atoms with E-state index in [0.717, 1.165) is 12.8 Å². The molecule has 4 rings (SSSR count). The Hall–Kier alpha value is -2.60. The summed E-state index contributed by atoms with van der Waals surface area (Å²) >= 11 is 0. The van der Waals surface area contributed by atoms with Gasteiger partial charge in [-0.3, -0.25) is 0 Å². The van der Waals surface area contributed by atoms with E-state index >= 15 is 0 Å². The highest BCUT2D eigenvalue weighted by Crippen LogP contribution is 2.57. The highest BCUT2D eigenvalue weighted by molar-refractivity contribution is 5.83. The number of rotatable bonds is 6. The van der Waals surface area contributed by atoms with E-state index in [0.29, 0.717) is 11.8 Å². The molecule has 0 saturated carbocycles. The van der Waals surface area contributed by atoms with Crippen molar-refractivity contribution >= 4 is 11.1 Å². The second-order valence-corrected chi connectivity index (χ2v) is 9.78. The van der Waals surface area contributed by atoms with Gasteiger partial charge in [0.2, 0.25) is 0 Å². The Labute approximate surface area is 189 Å². The van der Waals surface area contributed by atoms with Crippen LogP contribution in [0.2, 0.25) is 0 Å². The van der Waals surface area contributed by atoms with Gasteiger partial charge in [-0.25, -0.2) is 0 Å². The average Bonchev–Trinajstić information content (AvgIpc) is 3.32. The third kappa shape index (κ3) is 3.67. The monoisotopic (exact) mass is 408 g/mol. The molecule has 0 bridgehead atoms. The van der Waals surface area contributed by atoms with E-state index in [2.05, 4.69) is 114 Å². The quantitative estimate of drug-likeness (QED) is 0.447. The molecule has 0 amide bonds. The van der Waals surface area contributed by atoms with Crippen molar-refractivity contribution in [1.82, 2.24) is 0 Å². The molecule has 0 spiro atoms. The van der Waals surface area contributed by atoms with Gasteiger partial charge in [-0.1, -0.05) is 123 Å². The summed E-state index contributed by atoms with van der Waals surface area (Å²) in [5.41, 5.74) is 11.9. The zero-order valence-corrected chi connectivity index (χ0v) is 20.0. The summed E-state index contributed by atoms with van der Waals surface area (Å²) in [5, 5.41) is 0. The zero-order chi connectivity index (χ0) is 22.2. The van der Waals surface area contributed by atoms with E-state index in [9.17, 15) is 0 Å². The third-order valence-corrected chi connectivity index (χ3v) is 7.46. The number of hydrogen-bond acceptors (Lipinski definition) is 0. The first kappa shape index (κ1) is 21.6. The van der Waals surface area contributed by atoms with Crippen LogP contribution in [0, 0.1) is 17.3 Å². The van der Waals surface area contributed by atoms with Crippen molar-refractivity contribution in [3.05, 3.63) is 106 Å². The minimum atomic E-state index is 0.116. The number of benzene rings is 2. The molecule has 2 aromatic carbocycles. The maximum Gasteiger partial charge on any atom is 0.00767 e. The summed E-state index contributed by atoms with van der Waals surface area (Å²) in [6.07, 6.45) is 7.11. The lowest BCUT2D eigenvalue weighted by atomic mass is 9.61. The predicted molar refractivity (Wildman–Crippen MR) is 136 cm³/mol. The van der Waals surface area contributed by atoms with Gasteiger partial charge in [0, 0.05) is 11.8 Å². The van der Waals surface area contributed by atoms with E-state index in [1.54, 1.807) is 11.1 Å². The van der Waals surface area contributed by atoms with E-state index in [4.69, 9.17) is 0 Å². The van der Waals surface area contributed by atoms with E-state index in [1.807, 2.05) is 0 Å². The second kappa shape index (κ2) is 8.50. The zero-order valence-electron chi connectivity index (χ0n) is 20.0. The Bertz CT molecular complexity index is 984. The maximum atomic E-state index is 2.50. The van der Waals surface area contributed by atoms with Crippen LogP contribution in [0.4, 0.5) is 0 Å². The minimum absolute atomic E-state index is 0.116. The highest BCUT2D eigenvalue weighted by Gasteiger charge is 2.45. The van der Waals surface area contributed by atoms with Crippen LogP contribution in [0.1, 0.15) is 65.5 Å². The van der Waals surface area contributed by atoms with Crippen LogP contribution in [0.25, 0.3) is 11.1 Å². The molecule has 31 heavy (non-hydrogen) atoms. The molecule has 0 N–H and O–H groups in total. The second-order valence-electron chi connectivity index (χ2n) is 9.78. The van der Waals surface area contributed by atoms with Crippen molar-refractivity contribution in [3.63, 3.8) is 0 Å². The molecule has 0 nitrogen and oxygen atoms in total. The molecule has 2 unspecified atom stereocenters. The topological polar surface area (TPSA) is 0 Å². The smallest absolute Gasteiger partial charge is 0.00767 e. The molecular formula is C31H36. The summed E-state index contributed by atoms with van der Waals surface area (Å²) in [4.78, 5) is 0. The van der Waals surface area contributed by atoms with Gasteiger partial charge >= 0.3 is 0 Å². The first-order chi connectivity index (χ1) is 14.9. The van der Waals surface area contributed by atoms with Crippen molar-refractivity contribution < 1.29 is 0 Å². The van der Waals surface area contributed by atoms with Gasteiger partial charge in [-0.15, -0.1) is 0 Å². The summed E-state index contributed by atoms with van der Waals surface area (Å²) in [7, 11) is 0. The lowest BCUT2D eigenvalue weighted by Gasteiger charge is -2.42. The predicted octanol–water partition coefficient (Wildman–Crippen LogP) is 8.89.